The summed E-state index contributed by atoms with van der Waals surface area (Å²) in [6.45, 7) is 2.61. The van der Waals surface area contributed by atoms with Gasteiger partial charge in [-0.3, -0.25) is 0 Å². The lowest BCUT2D eigenvalue weighted by molar-refractivity contribution is 0.370. The normalized spacial score (nSPS) is 10.6. The molecular formula is C15H21ClN4O. The largest absolute Gasteiger partial charge is 0.481 e. The topological polar surface area (TPSA) is 42.3 Å². The number of nitrogens with one attached hydrogen (secondary N) is 1. The molecule has 6 heteroatoms. The lowest BCUT2D eigenvalue weighted by Gasteiger charge is -2.20. The second-order valence-electron chi connectivity index (χ2n) is 5.08. The lowest BCUT2D eigenvalue weighted by Crippen LogP contribution is -2.13. The lowest BCUT2D eigenvalue weighted by atomic mass is 10.2. The Morgan fingerprint density at radius 2 is 2.10 bits per heavy atom. The monoisotopic (exact) mass is 308 g/mol. The van der Waals surface area contributed by atoms with Crippen molar-refractivity contribution in [2.24, 2.45) is 7.05 Å². The van der Waals surface area contributed by atoms with Crippen LogP contribution in [0, 0.1) is 6.92 Å². The number of hydrogen-bond acceptors (Lipinski definition) is 4. The Balaban J connectivity index is 2.27. The molecule has 0 radical (unpaired) electrons. The van der Waals surface area contributed by atoms with E-state index in [2.05, 4.69) is 10.4 Å². The molecule has 114 valence electrons. The number of benzene rings is 1. The van der Waals surface area contributed by atoms with Crippen molar-refractivity contribution in [1.82, 2.24) is 9.78 Å². The summed E-state index contributed by atoms with van der Waals surface area (Å²) in [7, 11) is 7.48. The summed E-state index contributed by atoms with van der Waals surface area (Å²) in [4.78, 5) is 2.00. The molecule has 0 saturated heterocycles. The molecule has 0 fully saturated rings. The number of anilines is 2. The molecule has 0 aliphatic carbocycles. The molecular weight excluding hydrogens is 288 g/mol. The van der Waals surface area contributed by atoms with Crippen LogP contribution in [0.15, 0.2) is 18.2 Å². The molecule has 2 rings (SSSR count). The zero-order valence-electron chi connectivity index (χ0n) is 13.1. The van der Waals surface area contributed by atoms with E-state index >= 15 is 0 Å². The first kappa shape index (κ1) is 15.5. The smallest absolute Gasteiger partial charge is 0.216 e. The highest BCUT2D eigenvalue weighted by atomic mass is 35.5. The molecule has 1 aromatic carbocycles. The summed E-state index contributed by atoms with van der Waals surface area (Å²) >= 11 is 6.28. The highest BCUT2D eigenvalue weighted by Crippen LogP contribution is 2.33. The average Bonchev–Trinajstić information content (AvgIpc) is 2.69. The van der Waals surface area contributed by atoms with Crippen LogP contribution < -0.4 is 15.0 Å². The minimum Gasteiger partial charge on any atom is -0.481 e. The van der Waals surface area contributed by atoms with Crippen LogP contribution in [0.4, 0.5) is 11.4 Å². The van der Waals surface area contributed by atoms with Crippen LogP contribution in [0.3, 0.4) is 0 Å². The molecule has 21 heavy (non-hydrogen) atoms. The van der Waals surface area contributed by atoms with Crippen molar-refractivity contribution in [2.45, 2.75) is 13.5 Å². The van der Waals surface area contributed by atoms with Crippen molar-refractivity contribution in [2.75, 3.05) is 31.4 Å². The predicted octanol–water partition coefficient (Wildman–Crippen LogP) is 3.07. The van der Waals surface area contributed by atoms with Crippen LogP contribution in [0.2, 0.25) is 5.02 Å². The third-order valence-electron chi connectivity index (χ3n) is 3.37. The molecule has 0 aliphatic rings. The van der Waals surface area contributed by atoms with Crippen molar-refractivity contribution < 1.29 is 4.74 Å². The van der Waals surface area contributed by atoms with Crippen molar-refractivity contribution in [3.05, 3.63) is 34.5 Å². The minimum atomic E-state index is 0.629. The molecule has 2 aromatic rings. The van der Waals surface area contributed by atoms with Crippen LogP contribution >= 0.6 is 11.6 Å². The van der Waals surface area contributed by atoms with Gasteiger partial charge >= 0.3 is 0 Å². The first-order valence-corrected chi connectivity index (χ1v) is 7.09. The van der Waals surface area contributed by atoms with Crippen LogP contribution in [0.25, 0.3) is 0 Å². The van der Waals surface area contributed by atoms with E-state index in [1.807, 2.05) is 51.2 Å². The molecule has 0 amide bonds. The van der Waals surface area contributed by atoms with Gasteiger partial charge in [-0.2, -0.15) is 5.10 Å². The summed E-state index contributed by atoms with van der Waals surface area (Å²) < 4.78 is 7.16. The molecule has 0 bridgehead atoms. The van der Waals surface area contributed by atoms with Gasteiger partial charge in [-0.25, -0.2) is 4.68 Å². The predicted molar refractivity (Wildman–Crippen MR) is 87.6 cm³/mol. The fraction of sp³-hybridized carbons (Fsp3) is 0.400. The first-order valence-electron chi connectivity index (χ1n) is 6.71. The van der Waals surface area contributed by atoms with E-state index in [1.54, 1.807) is 11.8 Å². The Labute approximate surface area is 130 Å². The van der Waals surface area contributed by atoms with E-state index in [1.165, 1.54) is 0 Å². The zero-order valence-corrected chi connectivity index (χ0v) is 13.8. The molecule has 1 N–H and O–H groups in total. The van der Waals surface area contributed by atoms with E-state index in [0.717, 1.165) is 33.5 Å². The summed E-state index contributed by atoms with van der Waals surface area (Å²) in [5, 5.41) is 8.53. The number of methoxy groups -OCH3 is 1. The number of aromatic nitrogens is 2. The van der Waals surface area contributed by atoms with E-state index in [4.69, 9.17) is 16.3 Å². The van der Waals surface area contributed by atoms with Crippen LogP contribution in [-0.2, 0) is 13.6 Å². The van der Waals surface area contributed by atoms with Crippen LogP contribution in [0.5, 0.6) is 5.88 Å². The average molecular weight is 309 g/mol. The van der Waals surface area contributed by atoms with E-state index in [-0.39, 0.29) is 0 Å². The summed E-state index contributed by atoms with van der Waals surface area (Å²) in [6.07, 6.45) is 0. The molecule has 0 atom stereocenters. The zero-order chi connectivity index (χ0) is 15.6. The fourth-order valence-corrected chi connectivity index (χ4v) is 2.78. The van der Waals surface area contributed by atoms with Gasteiger partial charge in [0.2, 0.25) is 5.88 Å². The number of ether oxygens (including phenoxy) is 1. The number of rotatable bonds is 5. The second-order valence-corrected chi connectivity index (χ2v) is 5.49. The van der Waals surface area contributed by atoms with E-state index in [0.29, 0.717) is 6.54 Å². The first-order chi connectivity index (χ1) is 9.95. The third kappa shape index (κ3) is 3.08. The molecule has 0 saturated carbocycles. The van der Waals surface area contributed by atoms with Gasteiger partial charge in [0, 0.05) is 27.7 Å². The third-order valence-corrected chi connectivity index (χ3v) is 3.68. The van der Waals surface area contributed by atoms with Gasteiger partial charge in [0.25, 0.3) is 0 Å². The molecule has 0 aliphatic heterocycles. The highest BCUT2D eigenvalue weighted by Gasteiger charge is 2.15. The van der Waals surface area contributed by atoms with Crippen molar-refractivity contribution >= 4 is 23.0 Å². The Kier molecular flexibility index (Phi) is 4.63. The number of nitrogens with zero attached hydrogens (tertiary/aromatic N) is 3. The van der Waals surface area contributed by atoms with Crippen molar-refractivity contribution in [1.29, 1.82) is 0 Å². The molecule has 5 nitrogen and oxygen atoms in total. The molecule has 0 unspecified atom stereocenters. The minimum absolute atomic E-state index is 0.629. The Bertz CT molecular complexity index is 637. The molecule has 0 spiro atoms. The SMILES string of the molecule is COc1c(CNc2cccc(Cl)c2N(C)C)c(C)nn1C. The van der Waals surface area contributed by atoms with Gasteiger partial charge < -0.3 is 15.0 Å². The number of aryl methyl sites for hydroxylation is 2. The number of halogens is 1. The fourth-order valence-electron chi connectivity index (χ4n) is 2.44. The number of hydrogen-bond donors (Lipinski definition) is 1. The standard InChI is InChI=1S/C15H21ClN4O/c1-10-11(15(21-5)20(4)18-10)9-17-13-8-6-7-12(16)14(13)19(2)3/h6-8,17H,9H2,1-5H3. The summed E-state index contributed by atoms with van der Waals surface area (Å²) in [5.41, 5.74) is 3.96. The molecule has 1 heterocycles. The van der Waals surface area contributed by atoms with Crippen molar-refractivity contribution in [3.8, 4) is 5.88 Å². The maximum absolute atomic E-state index is 6.28. The quantitative estimate of drug-likeness (QED) is 0.922. The summed E-state index contributed by atoms with van der Waals surface area (Å²) in [6, 6.07) is 5.84. The maximum Gasteiger partial charge on any atom is 0.216 e. The number of para-hydroxylation sites is 1. The van der Waals surface area contributed by atoms with Gasteiger partial charge in [0.05, 0.1) is 34.8 Å². The van der Waals surface area contributed by atoms with Crippen LogP contribution in [0.1, 0.15) is 11.3 Å². The summed E-state index contributed by atoms with van der Waals surface area (Å²) in [5.74, 6) is 0.772. The van der Waals surface area contributed by atoms with E-state index in [9.17, 15) is 0 Å². The van der Waals surface area contributed by atoms with Gasteiger partial charge in [-0.1, -0.05) is 17.7 Å². The Morgan fingerprint density at radius 3 is 2.71 bits per heavy atom. The van der Waals surface area contributed by atoms with Gasteiger partial charge in [-0.15, -0.1) is 0 Å². The van der Waals surface area contributed by atoms with Gasteiger partial charge in [0.15, 0.2) is 0 Å². The Morgan fingerprint density at radius 1 is 1.38 bits per heavy atom. The van der Waals surface area contributed by atoms with Crippen LogP contribution in [-0.4, -0.2) is 31.0 Å². The second kappa shape index (κ2) is 6.26. The van der Waals surface area contributed by atoms with Gasteiger partial charge in [-0.05, 0) is 19.1 Å². The highest BCUT2D eigenvalue weighted by molar-refractivity contribution is 6.34. The Hall–Kier alpha value is -1.88. The van der Waals surface area contributed by atoms with Crippen molar-refractivity contribution in [3.63, 3.8) is 0 Å². The maximum atomic E-state index is 6.28. The van der Waals surface area contributed by atoms with E-state index < -0.39 is 0 Å². The molecule has 1 aromatic heterocycles. The van der Waals surface area contributed by atoms with Gasteiger partial charge in [0.1, 0.15) is 0 Å².